The van der Waals surface area contributed by atoms with Gasteiger partial charge in [0, 0.05) is 13.1 Å². The van der Waals surface area contributed by atoms with Crippen molar-refractivity contribution in [2.45, 2.75) is 58.1 Å². The first-order chi connectivity index (χ1) is 16.4. The van der Waals surface area contributed by atoms with Crippen molar-refractivity contribution in [3.8, 4) is 0 Å². The number of carbonyl (C=O) groups is 2. The van der Waals surface area contributed by atoms with E-state index in [1.165, 1.54) is 0 Å². The van der Waals surface area contributed by atoms with Gasteiger partial charge in [-0.15, -0.1) is 0 Å². The lowest BCUT2D eigenvalue weighted by molar-refractivity contribution is -0.143. The van der Waals surface area contributed by atoms with E-state index in [4.69, 9.17) is 10.5 Å². The number of aliphatic carboxylic acids is 1. The van der Waals surface area contributed by atoms with E-state index in [9.17, 15) is 14.7 Å². The maximum Gasteiger partial charge on any atom is 0.306 e. The Bertz CT molecular complexity index is 957. The van der Waals surface area contributed by atoms with Gasteiger partial charge in [0.05, 0.1) is 19.1 Å². The van der Waals surface area contributed by atoms with Gasteiger partial charge in [-0.2, -0.15) is 0 Å². The highest BCUT2D eigenvalue weighted by atomic mass is 16.5. The quantitative estimate of drug-likeness (QED) is 0.461. The Hall–Kier alpha value is -2.98. The van der Waals surface area contributed by atoms with Gasteiger partial charge in [-0.25, -0.2) is 9.98 Å². The number of nitrogens with one attached hydrogen (secondary N) is 1. The van der Waals surface area contributed by atoms with Crippen molar-refractivity contribution in [1.29, 1.82) is 0 Å². The number of carbonyl (C=O) groups excluding carboxylic acids is 1. The number of nitrogens with zero attached hydrogens (tertiary/aromatic N) is 4. The second-order valence-electron chi connectivity index (χ2n) is 9.16. The average Bonchev–Trinajstić information content (AvgIpc) is 2.81. The van der Waals surface area contributed by atoms with Crippen molar-refractivity contribution in [2.75, 3.05) is 26.2 Å². The first-order valence-electron chi connectivity index (χ1n) is 12.0. The van der Waals surface area contributed by atoms with Crippen LogP contribution in [0.25, 0.3) is 0 Å². The number of amidine groups is 2. The fourth-order valence-corrected chi connectivity index (χ4v) is 4.60. The molecule has 0 saturated carbocycles. The van der Waals surface area contributed by atoms with Crippen LogP contribution in [-0.4, -0.2) is 77.1 Å². The van der Waals surface area contributed by atoms with Crippen LogP contribution < -0.4 is 11.1 Å². The molecular formula is C24H34N6O4. The van der Waals surface area contributed by atoms with Gasteiger partial charge in [0.15, 0.2) is 0 Å². The SMILES string of the molecule is CCCCOC1N=C(N)C2NC(=O)CN(Cc3cccc(CN4CCC(C(=O)O)CC4)c3)C2=N1. The summed E-state index contributed by atoms with van der Waals surface area (Å²) in [7, 11) is 0. The molecule has 3 heterocycles. The molecule has 0 radical (unpaired) electrons. The average molecular weight is 471 g/mol. The van der Waals surface area contributed by atoms with Gasteiger partial charge >= 0.3 is 5.97 Å². The molecule has 0 spiro atoms. The normalized spacial score (nSPS) is 23.7. The van der Waals surface area contributed by atoms with Crippen molar-refractivity contribution >= 4 is 23.5 Å². The van der Waals surface area contributed by atoms with Gasteiger partial charge in [0.2, 0.25) is 12.3 Å². The molecule has 0 bridgehead atoms. The fraction of sp³-hybridized carbons (Fsp3) is 0.583. The third kappa shape index (κ3) is 5.92. The second-order valence-corrected chi connectivity index (χ2v) is 9.16. The van der Waals surface area contributed by atoms with Crippen LogP contribution in [0.4, 0.5) is 0 Å². The molecule has 0 aliphatic carbocycles. The van der Waals surface area contributed by atoms with Crippen LogP contribution in [0.2, 0.25) is 0 Å². The molecule has 10 nitrogen and oxygen atoms in total. The number of piperidine rings is 1. The third-order valence-electron chi connectivity index (χ3n) is 6.49. The van der Waals surface area contributed by atoms with E-state index in [-0.39, 0.29) is 18.4 Å². The third-order valence-corrected chi connectivity index (χ3v) is 6.49. The predicted octanol–water partition coefficient (Wildman–Crippen LogP) is 1.15. The summed E-state index contributed by atoms with van der Waals surface area (Å²) in [5, 5.41) is 12.1. The summed E-state index contributed by atoms with van der Waals surface area (Å²) in [6, 6.07) is 7.74. The van der Waals surface area contributed by atoms with Crippen LogP contribution in [-0.2, 0) is 27.4 Å². The summed E-state index contributed by atoms with van der Waals surface area (Å²) in [6.45, 7) is 5.70. The standard InChI is InChI=1S/C24H34N6O4/c1-2-3-11-34-24-27-21(25)20-22(28-24)30(15-19(31)26-20)14-17-6-4-5-16(12-17)13-29-9-7-18(8-10-29)23(32)33/h4-6,12,18,20,24H,2-3,7-11,13-15H2,1H3,(H2,25,27)(H,26,31)(H,32,33). The van der Waals surface area contributed by atoms with Crippen LogP contribution >= 0.6 is 0 Å². The molecule has 2 saturated heterocycles. The second kappa shape index (κ2) is 11.0. The van der Waals surface area contributed by atoms with Crippen molar-refractivity contribution in [1.82, 2.24) is 15.1 Å². The number of unbranched alkanes of at least 4 members (excludes halogenated alkanes) is 1. The fourth-order valence-electron chi connectivity index (χ4n) is 4.60. The number of likely N-dealkylation sites (tertiary alicyclic amines) is 1. The first-order valence-corrected chi connectivity index (χ1v) is 12.0. The van der Waals surface area contributed by atoms with Crippen LogP contribution in [0.5, 0.6) is 0 Å². The Balaban J connectivity index is 1.43. The van der Waals surface area contributed by atoms with Gasteiger partial charge in [0.1, 0.15) is 17.7 Å². The molecule has 3 aliphatic heterocycles. The molecule has 0 aromatic heterocycles. The molecule has 10 heteroatoms. The number of aliphatic imine (C=N–C) groups is 2. The van der Waals surface area contributed by atoms with Gasteiger partial charge in [-0.3, -0.25) is 14.5 Å². The highest BCUT2D eigenvalue weighted by molar-refractivity contribution is 6.14. The first kappa shape index (κ1) is 24.2. The van der Waals surface area contributed by atoms with Gasteiger partial charge in [-0.05, 0) is 43.5 Å². The highest BCUT2D eigenvalue weighted by Gasteiger charge is 2.37. The largest absolute Gasteiger partial charge is 0.481 e. The van der Waals surface area contributed by atoms with Crippen molar-refractivity contribution < 1.29 is 19.4 Å². The van der Waals surface area contributed by atoms with E-state index in [1.807, 2.05) is 17.0 Å². The van der Waals surface area contributed by atoms with Gasteiger partial charge < -0.3 is 25.8 Å². The maximum absolute atomic E-state index is 12.4. The molecule has 4 N–H and O–H groups in total. The number of carboxylic acids is 1. The Labute approximate surface area is 199 Å². The minimum Gasteiger partial charge on any atom is -0.481 e. The number of benzene rings is 1. The van der Waals surface area contributed by atoms with E-state index < -0.39 is 18.4 Å². The lowest BCUT2D eigenvalue weighted by Gasteiger charge is -2.38. The van der Waals surface area contributed by atoms with Crippen molar-refractivity contribution in [3.05, 3.63) is 35.4 Å². The zero-order valence-electron chi connectivity index (χ0n) is 19.7. The predicted molar refractivity (Wildman–Crippen MR) is 128 cm³/mol. The van der Waals surface area contributed by atoms with Crippen molar-refractivity contribution in [3.63, 3.8) is 0 Å². The number of carboxylic acid groups (broad SMARTS) is 1. The number of ether oxygens (including phenoxy) is 1. The van der Waals surface area contributed by atoms with Crippen LogP contribution in [0.1, 0.15) is 43.7 Å². The molecule has 1 amide bonds. The number of amides is 1. The monoisotopic (exact) mass is 470 g/mol. The zero-order chi connectivity index (χ0) is 24.1. The lowest BCUT2D eigenvalue weighted by atomic mass is 9.96. The maximum atomic E-state index is 12.4. The molecule has 1 aromatic rings. The number of hydrogen-bond acceptors (Lipinski definition) is 8. The molecule has 34 heavy (non-hydrogen) atoms. The number of rotatable bonds is 9. The number of piperazine rings is 1. The Morgan fingerprint density at radius 3 is 2.68 bits per heavy atom. The minimum atomic E-state index is -0.695. The molecule has 2 unspecified atom stereocenters. The summed E-state index contributed by atoms with van der Waals surface area (Å²) in [4.78, 5) is 36.8. The summed E-state index contributed by atoms with van der Waals surface area (Å²) in [6.07, 6.45) is 2.62. The van der Waals surface area contributed by atoms with E-state index in [0.717, 1.165) is 43.6 Å². The van der Waals surface area contributed by atoms with E-state index in [0.29, 0.717) is 37.7 Å². The van der Waals surface area contributed by atoms with Crippen molar-refractivity contribution in [2.24, 2.45) is 21.6 Å². The van der Waals surface area contributed by atoms with E-state index in [2.05, 4.69) is 39.3 Å². The summed E-state index contributed by atoms with van der Waals surface area (Å²) in [5.41, 5.74) is 8.40. The smallest absolute Gasteiger partial charge is 0.306 e. The molecule has 2 fully saturated rings. The molecular weight excluding hydrogens is 436 g/mol. The topological polar surface area (TPSA) is 133 Å². The summed E-state index contributed by atoms with van der Waals surface area (Å²) >= 11 is 0. The van der Waals surface area contributed by atoms with Crippen LogP contribution in [0, 0.1) is 5.92 Å². The zero-order valence-corrected chi connectivity index (χ0v) is 19.7. The van der Waals surface area contributed by atoms with E-state index >= 15 is 0 Å². The van der Waals surface area contributed by atoms with Crippen LogP contribution in [0.3, 0.4) is 0 Å². The number of fused-ring (bicyclic) bond motifs is 1. The number of nitrogens with two attached hydrogens (primary N) is 1. The Morgan fingerprint density at radius 2 is 1.97 bits per heavy atom. The van der Waals surface area contributed by atoms with Gasteiger partial charge in [0.25, 0.3) is 0 Å². The summed E-state index contributed by atoms with van der Waals surface area (Å²) in [5.74, 6) is -0.0645. The Morgan fingerprint density at radius 1 is 1.24 bits per heavy atom. The molecule has 2 atom stereocenters. The number of hydrogen-bond donors (Lipinski definition) is 3. The molecule has 1 aromatic carbocycles. The highest BCUT2D eigenvalue weighted by Crippen LogP contribution is 2.21. The Kier molecular flexibility index (Phi) is 7.79. The minimum absolute atomic E-state index is 0.120. The summed E-state index contributed by atoms with van der Waals surface area (Å²) < 4.78 is 5.76. The molecule has 3 aliphatic rings. The lowest BCUT2D eigenvalue weighted by Crippen LogP contribution is -2.63. The molecule has 4 rings (SSSR count). The van der Waals surface area contributed by atoms with E-state index in [1.54, 1.807) is 0 Å². The molecule has 184 valence electrons. The van der Waals surface area contributed by atoms with Crippen LogP contribution in [0.15, 0.2) is 34.3 Å². The van der Waals surface area contributed by atoms with Gasteiger partial charge in [-0.1, -0.05) is 37.6 Å².